The number of allylic oxidation sites excluding steroid dienone is 5. The molecule has 1 saturated heterocycles. The van der Waals surface area contributed by atoms with Gasteiger partial charge in [0.1, 0.15) is 0 Å². The summed E-state index contributed by atoms with van der Waals surface area (Å²) in [7, 11) is 0. The number of amides is 1. The number of hydrogen-bond acceptors (Lipinski definition) is 4. The first-order chi connectivity index (χ1) is 17.6. The molecule has 0 saturated carbocycles. The Labute approximate surface area is 222 Å². The molecule has 3 aliphatic heterocycles. The molecule has 3 heterocycles. The highest BCUT2D eigenvalue weighted by atomic mass is 16.7. The van der Waals surface area contributed by atoms with Crippen molar-refractivity contribution in [3.8, 4) is 0 Å². The van der Waals surface area contributed by atoms with Crippen LogP contribution in [0.4, 0.5) is 0 Å². The van der Waals surface area contributed by atoms with Crippen molar-refractivity contribution in [2.45, 2.75) is 97.6 Å². The fourth-order valence-corrected chi connectivity index (χ4v) is 5.75. The minimum absolute atomic E-state index is 0.0376. The second-order valence-electron chi connectivity index (χ2n) is 11.4. The zero-order chi connectivity index (χ0) is 26.6. The van der Waals surface area contributed by atoms with Crippen molar-refractivity contribution < 1.29 is 19.1 Å². The molecule has 1 aliphatic carbocycles. The molecule has 0 unspecified atom stereocenters. The van der Waals surface area contributed by atoms with Crippen LogP contribution in [0.15, 0.2) is 70.4 Å². The van der Waals surface area contributed by atoms with Gasteiger partial charge in [0, 0.05) is 31.5 Å². The van der Waals surface area contributed by atoms with E-state index in [0.29, 0.717) is 6.42 Å². The normalized spacial score (nSPS) is 30.6. The van der Waals surface area contributed by atoms with Gasteiger partial charge in [-0.25, -0.2) is 0 Å². The summed E-state index contributed by atoms with van der Waals surface area (Å²) in [6.07, 6.45) is 20.2. The molecular weight excluding hydrogens is 462 g/mol. The Morgan fingerprint density at radius 2 is 1.84 bits per heavy atom. The second-order valence-corrected chi connectivity index (χ2v) is 11.4. The summed E-state index contributed by atoms with van der Waals surface area (Å²) < 4.78 is 13.3. The molecule has 1 fully saturated rings. The fraction of sp³-hybridized carbons (Fsp3) is 0.562. The smallest absolute Gasteiger partial charge is 0.246 e. The Balaban J connectivity index is 1.61. The summed E-state index contributed by atoms with van der Waals surface area (Å²) in [5.41, 5.74) is 5.51. The Morgan fingerprint density at radius 1 is 1.08 bits per heavy atom. The standard InChI is InChI=1S/C32H43NO4/c1-22(2)10-9-11-23(3)16-27-17-24(4)20-32(36-27)21-26(12-13-31(35)33-14-7-6-8-15-33)28-19-29(34)25(5)18-30(28)37-32/h10,12-13,16,18,20-21,27-28,30H,6-9,11,14-15,17,19H2,1-5H3/b13-12+,23-16+/t27-,28-,30-,32+/m1/s1. The lowest BCUT2D eigenvalue weighted by Crippen LogP contribution is -2.48. The van der Waals surface area contributed by atoms with Crippen LogP contribution in [0, 0.1) is 5.92 Å². The predicted molar refractivity (Wildman–Crippen MR) is 148 cm³/mol. The summed E-state index contributed by atoms with van der Waals surface area (Å²) in [5, 5.41) is 0. The number of piperidine rings is 1. The van der Waals surface area contributed by atoms with E-state index in [4.69, 9.17) is 9.47 Å². The van der Waals surface area contributed by atoms with Gasteiger partial charge in [0.05, 0.1) is 12.2 Å². The van der Waals surface area contributed by atoms with Gasteiger partial charge in [0.2, 0.25) is 11.7 Å². The summed E-state index contributed by atoms with van der Waals surface area (Å²) >= 11 is 0. The number of carbonyl (C=O) groups excluding carboxylic acids is 2. The summed E-state index contributed by atoms with van der Waals surface area (Å²) in [4.78, 5) is 27.4. The number of hydrogen-bond donors (Lipinski definition) is 0. The van der Waals surface area contributed by atoms with E-state index < -0.39 is 5.79 Å². The Bertz CT molecular complexity index is 1080. The molecule has 4 aliphatic rings. The van der Waals surface area contributed by atoms with E-state index in [2.05, 4.69) is 45.9 Å². The van der Waals surface area contributed by atoms with E-state index in [0.717, 1.165) is 56.3 Å². The summed E-state index contributed by atoms with van der Waals surface area (Å²) in [6, 6.07) is 0. The van der Waals surface area contributed by atoms with Crippen LogP contribution in [0.25, 0.3) is 0 Å². The summed E-state index contributed by atoms with van der Waals surface area (Å²) in [6.45, 7) is 12.0. The number of rotatable bonds is 6. The van der Waals surface area contributed by atoms with Crippen molar-refractivity contribution in [3.05, 3.63) is 70.4 Å². The number of Topliss-reactive ketones (excluding diaryl/α,β-unsaturated/α-hetero) is 1. The van der Waals surface area contributed by atoms with Crippen LogP contribution >= 0.6 is 0 Å². The Kier molecular flexibility index (Phi) is 8.86. The quantitative estimate of drug-likeness (QED) is 0.304. The molecule has 0 aromatic heterocycles. The maximum absolute atomic E-state index is 12.9. The van der Waals surface area contributed by atoms with Gasteiger partial charge in [0.15, 0.2) is 5.78 Å². The molecule has 4 rings (SSSR count). The van der Waals surface area contributed by atoms with E-state index in [1.165, 1.54) is 23.1 Å². The Hall–Kier alpha value is -2.50. The average Bonchev–Trinajstić information content (AvgIpc) is 2.83. The molecule has 0 aromatic rings. The van der Waals surface area contributed by atoms with E-state index in [9.17, 15) is 9.59 Å². The van der Waals surface area contributed by atoms with Crippen LogP contribution < -0.4 is 0 Å². The zero-order valence-corrected chi connectivity index (χ0v) is 23.2. The molecular formula is C32H43NO4. The van der Waals surface area contributed by atoms with Gasteiger partial charge in [-0.05, 0) is 103 Å². The fourth-order valence-electron chi connectivity index (χ4n) is 5.75. The molecule has 0 bridgehead atoms. The highest BCUT2D eigenvalue weighted by Gasteiger charge is 2.45. The van der Waals surface area contributed by atoms with Crippen molar-refractivity contribution in [3.63, 3.8) is 0 Å². The third kappa shape index (κ3) is 7.08. The van der Waals surface area contributed by atoms with Crippen LogP contribution in [-0.2, 0) is 19.1 Å². The molecule has 1 spiro atoms. The van der Waals surface area contributed by atoms with E-state index in [1.54, 1.807) is 6.08 Å². The molecule has 0 N–H and O–H groups in total. The lowest BCUT2D eigenvalue weighted by Gasteiger charge is -2.45. The van der Waals surface area contributed by atoms with Gasteiger partial charge in [-0.1, -0.05) is 34.9 Å². The van der Waals surface area contributed by atoms with Crippen LogP contribution in [-0.4, -0.2) is 47.7 Å². The van der Waals surface area contributed by atoms with Crippen molar-refractivity contribution >= 4 is 11.7 Å². The first kappa shape index (κ1) is 27.5. The molecule has 5 heteroatoms. The number of likely N-dealkylation sites (tertiary alicyclic amines) is 1. The second kappa shape index (κ2) is 11.9. The molecule has 0 radical (unpaired) electrons. The maximum Gasteiger partial charge on any atom is 0.246 e. The SMILES string of the molecule is CC(C)=CCC/C(C)=C/[C@@H]1CC(C)=C[C@]2(C=C(/C=C/C(=O)N3CCCCC3)[C@H]3CC(=O)C(C)=C[C@H]3O2)O1. The molecule has 4 atom stereocenters. The van der Waals surface area contributed by atoms with Gasteiger partial charge in [-0.15, -0.1) is 0 Å². The number of ether oxygens (including phenoxy) is 2. The molecule has 0 aromatic carbocycles. The minimum Gasteiger partial charge on any atom is -0.339 e. The van der Waals surface area contributed by atoms with Gasteiger partial charge in [-0.3, -0.25) is 9.59 Å². The topological polar surface area (TPSA) is 55.8 Å². The lowest BCUT2D eigenvalue weighted by atomic mass is 9.78. The van der Waals surface area contributed by atoms with Gasteiger partial charge < -0.3 is 14.4 Å². The first-order valence-corrected chi connectivity index (χ1v) is 13.9. The molecule has 5 nitrogen and oxygen atoms in total. The van der Waals surface area contributed by atoms with E-state index in [1.807, 2.05) is 30.1 Å². The van der Waals surface area contributed by atoms with Crippen molar-refractivity contribution in [2.75, 3.05) is 13.1 Å². The zero-order valence-electron chi connectivity index (χ0n) is 23.2. The van der Waals surface area contributed by atoms with Crippen LogP contribution in [0.1, 0.15) is 79.6 Å². The van der Waals surface area contributed by atoms with Gasteiger partial charge >= 0.3 is 0 Å². The van der Waals surface area contributed by atoms with Gasteiger partial charge in [-0.2, -0.15) is 0 Å². The minimum atomic E-state index is -1.02. The van der Waals surface area contributed by atoms with Crippen molar-refractivity contribution in [1.82, 2.24) is 4.90 Å². The molecule has 37 heavy (non-hydrogen) atoms. The number of ketones is 1. The maximum atomic E-state index is 12.9. The van der Waals surface area contributed by atoms with Crippen LogP contribution in [0.2, 0.25) is 0 Å². The van der Waals surface area contributed by atoms with Crippen molar-refractivity contribution in [1.29, 1.82) is 0 Å². The third-order valence-electron chi connectivity index (χ3n) is 7.73. The number of carbonyl (C=O) groups is 2. The van der Waals surface area contributed by atoms with E-state index >= 15 is 0 Å². The van der Waals surface area contributed by atoms with Crippen molar-refractivity contribution in [2.24, 2.45) is 5.92 Å². The predicted octanol–water partition coefficient (Wildman–Crippen LogP) is 6.54. The molecule has 1 amide bonds. The average molecular weight is 506 g/mol. The van der Waals surface area contributed by atoms with Crippen LogP contribution in [0.3, 0.4) is 0 Å². The Morgan fingerprint density at radius 3 is 2.57 bits per heavy atom. The first-order valence-electron chi connectivity index (χ1n) is 13.9. The summed E-state index contributed by atoms with van der Waals surface area (Å²) in [5.74, 6) is -0.969. The van der Waals surface area contributed by atoms with Crippen LogP contribution in [0.5, 0.6) is 0 Å². The largest absolute Gasteiger partial charge is 0.339 e. The number of fused-ring (bicyclic) bond motifs is 1. The monoisotopic (exact) mass is 505 g/mol. The highest BCUT2D eigenvalue weighted by Crippen LogP contribution is 2.43. The molecule has 200 valence electrons. The third-order valence-corrected chi connectivity index (χ3v) is 7.73. The van der Waals surface area contributed by atoms with Gasteiger partial charge in [0.25, 0.3) is 0 Å². The van der Waals surface area contributed by atoms with E-state index in [-0.39, 0.29) is 29.8 Å². The highest BCUT2D eigenvalue weighted by molar-refractivity contribution is 5.96. The lowest BCUT2D eigenvalue weighted by molar-refractivity contribution is -0.223. The number of nitrogens with zero attached hydrogens (tertiary/aromatic N) is 1.